The Morgan fingerprint density at radius 2 is 1.86 bits per heavy atom. The van der Waals surface area contributed by atoms with E-state index in [1.807, 2.05) is 63.6 Å². The highest BCUT2D eigenvalue weighted by atomic mass is 32.2. The molecule has 0 radical (unpaired) electrons. The molecule has 0 bridgehead atoms. The van der Waals surface area contributed by atoms with Crippen molar-refractivity contribution in [3.63, 3.8) is 0 Å². The Kier molecular flexibility index (Phi) is 9.65. The Morgan fingerprint density at radius 3 is 2.43 bits per heavy atom. The lowest BCUT2D eigenvalue weighted by Gasteiger charge is -2.24. The van der Waals surface area contributed by atoms with Crippen molar-refractivity contribution in [3.05, 3.63) is 59.9 Å². The third-order valence-electron chi connectivity index (χ3n) is 5.81. The molecule has 4 aromatic rings. The Bertz CT molecular complexity index is 1430. The Balaban J connectivity index is 0.00000176. The molecule has 1 aromatic carbocycles. The molecule has 0 saturated carbocycles. The minimum atomic E-state index is -3.83. The monoisotopic (exact) mass is 534 g/mol. The lowest BCUT2D eigenvalue weighted by Crippen LogP contribution is -2.37. The van der Waals surface area contributed by atoms with Gasteiger partial charge in [-0.1, -0.05) is 26.0 Å². The highest BCUT2D eigenvalue weighted by Crippen LogP contribution is 2.35. The lowest BCUT2D eigenvalue weighted by molar-refractivity contribution is 0.412. The summed E-state index contributed by atoms with van der Waals surface area (Å²) in [5.74, 6) is 2.90. The minimum Gasteiger partial charge on any atom is -0.495 e. The van der Waals surface area contributed by atoms with E-state index < -0.39 is 15.3 Å². The van der Waals surface area contributed by atoms with Crippen LogP contribution in [-0.2, 0) is 23.5 Å². The van der Waals surface area contributed by atoms with Gasteiger partial charge in [0.2, 0.25) is 21.8 Å². The van der Waals surface area contributed by atoms with Crippen molar-refractivity contribution in [2.24, 2.45) is 7.05 Å². The third kappa shape index (κ3) is 5.70. The Morgan fingerprint density at radius 1 is 1.16 bits per heavy atom. The minimum absolute atomic E-state index is 0. The second kappa shape index (κ2) is 12.1. The predicted octanol–water partition coefficient (Wildman–Crippen LogP) is 3.73. The van der Waals surface area contributed by atoms with Gasteiger partial charge in [-0.25, -0.2) is 17.7 Å². The molecular formula is C25H38N6O5S. The van der Waals surface area contributed by atoms with Crippen LogP contribution in [0.4, 0.5) is 5.95 Å². The van der Waals surface area contributed by atoms with Crippen LogP contribution >= 0.6 is 0 Å². The summed E-state index contributed by atoms with van der Waals surface area (Å²) in [6.07, 6.45) is 3.69. The number of ether oxygens (including phenoxy) is 1. The number of imidazole rings is 1. The molecule has 3 heterocycles. The summed E-state index contributed by atoms with van der Waals surface area (Å²) in [6.45, 7) is 9.40. The van der Waals surface area contributed by atoms with Crippen LogP contribution in [0.1, 0.15) is 39.3 Å². The first kappa shape index (κ1) is 29.6. The number of benzene rings is 1. The molecule has 11 nitrogen and oxygen atoms in total. The zero-order chi connectivity index (χ0) is 26.6. The number of aromatic nitrogens is 5. The molecule has 2 N–H and O–H groups in total. The van der Waals surface area contributed by atoms with Gasteiger partial charge < -0.3 is 19.2 Å². The van der Waals surface area contributed by atoms with Crippen molar-refractivity contribution in [3.8, 4) is 23.0 Å². The van der Waals surface area contributed by atoms with E-state index in [0.29, 0.717) is 34.6 Å². The van der Waals surface area contributed by atoms with Gasteiger partial charge in [0.05, 0.1) is 18.0 Å². The molecule has 12 heteroatoms. The Hall–Kier alpha value is -3.64. The maximum atomic E-state index is 13.6. The molecule has 0 spiro atoms. The molecule has 0 aliphatic carbocycles. The van der Waals surface area contributed by atoms with Gasteiger partial charge in [0, 0.05) is 34.3 Å². The molecule has 3 aromatic heterocycles. The second-order valence-electron chi connectivity index (χ2n) is 8.18. The van der Waals surface area contributed by atoms with Gasteiger partial charge in [0.1, 0.15) is 17.3 Å². The van der Waals surface area contributed by atoms with Crippen molar-refractivity contribution in [2.75, 3.05) is 18.5 Å². The van der Waals surface area contributed by atoms with Crippen LogP contribution in [0.2, 0.25) is 0 Å². The molecule has 0 saturated heterocycles. The second-order valence-corrected chi connectivity index (χ2v) is 10.6. The maximum Gasteiger partial charge on any atom is 0.245 e. The van der Waals surface area contributed by atoms with E-state index in [0.717, 1.165) is 5.56 Å². The number of sulfonamides is 1. The molecule has 204 valence electrons. The fourth-order valence-electron chi connectivity index (χ4n) is 3.82. The molecule has 37 heavy (non-hydrogen) atoms. The molecular weight excluding hydrogens is 496 g/mol. The average molecular weight is 535 g/mol. The van der Waals surface area contributed by atoms with Crippen molar-refractivity contribution < 1.29 is 24.5 Å². The van der Waals surface area contributed by atoms with Crippen molar-refractivity contribution in [1.29, 1.82) is 0 Å². The quantitative estimate of drug-likeness (QED) is 0.335. The largest absolute Gasteiger partial charge is 0.495 e. The van der Waals surface area contributed by atoms with Crippen LogP contribution in [0.15, 0.2) is 47.1 Å². The van der Waals surface area contributed by atoms with E-state index in [1.54, 1.807) is 37.1 Å². The highest BCUT2D eigenvalue weighted by molar-refractivity contribution is 7.93. The highest BCUT2D eigenvalue weighted by Gasteiger charge is 2.33. The number of methoxy groups -OCH3 is 1. The molecule has 4 rings (SSSR count). The standard InChI is InChI=1S/C23H28N6O4S.C2H6.H2O.H2/c1-15-8-7-9-18(32-6)21(15)29-22(19-11-10-16(2)33-19)25-26-23(29)28(5)34(30,31)17(3)14-20-24-12-13-27(20)4;1-2;;/h7-13,17H,14H2,1-6H3;1-2H3;1H2;1H/t17-;;;/m1.../s1. The summed E-state index contributed by atoms with van der Waals surface area (Å²) in [5, 5.41) is 7.85. The van der Waals surface area contributed by atoms with Crippen molar-refractivity contribution >= 4 is 16.0 Å². The van der Waals surface area contributed by atoms with Gasteiger partial charge in [-0.15, -0.1) is 10.2 Å². The fourth-order valence-corrected chi connectivity index (χ4v) is 5.07. The number of nitrogens with zero attached hydrogens (tertiary/aromatic N) is 6. The van der Waals surface area contributed by atoms with Gasteiger partial charge >= 0.3 is 0 Å². The van der Waals surface area contributed by atoms with Gasteiger partial charge in [0.15, 0.2) is 5.76 Å². The number of anilines is 1. The van der Waals surface area contributed by atoms with E-state index in [1.165, 1.54) is 11.4 Å². The molecule has 1 atom stereocenters. The van der Waals surface area contributed by atoms with E-state index in [2.05, 4.69) is 15.2 Å². The number of aryl methyl sites for hydroxylation is 3. The fraction of sp³-hybridized carbons (Fsp3) is 0.400. The summed E-state index contributed by atoms with van der Waals surface area (Å²) < 4.78 is 43.3. The Labute approximate surface area is 219 Å². The van der Waals surface area contributed by atoms with Crippen LogP contribution in [0.3, 0.4) is 0 Å². The molecule has 0 aliphatic rings. The summed E-state index contributed by atoms with van der Waals surface area (Å²) >= 11 is 0. The van der Waals surface area contributed by atoms with Gasteiger partial charge in [-0.2, -0.15) is 0 Å². The third-order valence-corrected chi connectivity index (χ3v) is 7.92. The molecule has 0 amide bonds. The first-order valence-electron chi connectivity index (χ1n) is 11.7. The summed E-state index contributed by atoms with van der Waals surface area (Å²) in [7, 11) is 1.05. The molecule has 0 unspecified atom stereocenters. The molecule has 0 fully saturated rings. The van der Waals surface area contributed by atoms with Gasteiger partial charge in [-0.05, 0) is 44.5 Å². The van der Waals surface area contributed by atoms with E-state index in [4.69, 9.17) is 9.15 Å². The summed E-state index contributed by atoms with van der Waals surface area (Å²) in [5.41, 5.74) is 1.49. The average Bonchev–Trinajstić information content (AvgIpc) is 3.59. The van der Waals surface area contributed by atoms with Crippen LogP contribution < -0.4 is 9.04 Å². The predicted molar refractivity (Wildman–Crippen MR) is 146 cm³/mol. The zero-order valence-corrected chi connectivity index (χ0v) is 23.4. The van der Waals surface area contributed by atoms with Crippen LogP contribution in [-0.4, -0.2) is 57.6 Å². The zero-order valence-electron chi connectivity index (χ0n) is 22.6. The maximum absolute atomic E-state index is 13.6. The van der Waals surface area contributed by atoms with Crippen LogP contribution in [0.5, 0.6) is 5.75 Å². The molecule has 0 aliphatic heterocycles. The van der Waals surface area contributed by atoms with Crippen molar-refractivity contribution in [2.45, 2.75) is 46.3 Å². The van der Waals surface area contributed by atoms with Gasteiger partial charge in [0.25, 0.3) is 0 Å². The number of hydrogen-bond donors (Lipinski definition) is 0. The number of hydrogen-bond acceptors (Lipinski definition) is 7. The van der Waals surface area contributed by atoms with Crippen molar-refractivity contribution in [1.82, 2.24) is 24.3 Å². The summed E-state index contributed by atoms with van der Waals surface area (Å²) in [6, 6.07) is 9.19. The number of para-hydroxylation sites is 1. The smallest absolute Gasteiger partial charge is 0.245 e. The van der Waals surface area contributed by atoms with E-state index >= 15 is 0 Å². The van der Waals surface area contributed by atoms with Crippen LogP contribution in [0.25, 0.3) is 17.3 Å². The van der Waals surface area contributed by atoms with E-state index in [-0.39, 0.29) is 19.3 Å². The topological polar surface area (TPSA) is 140 Å². The summed E-state index contributed by atoms with van der Waals surface area (Å²) in [4.78, 5) is 4.26. The number of rotatable bonds is 8. The SMILES string of the molecule is CC.COc1cccc(C)c1-n1c(-c2ccc(C)o2)nnc1N(C)S(=O)(=O)[C@H](C)Cc1nccn1C.O.[HH]. The van der Waals surface area contributed by atoms with Crippen LogP contribution in [0, 0.1) is 13.8 Å². The first-order chi connectivity index (χ1) is 17.1. The van der Waals surface area contributed by atoms with Gasteiger partial charge in [-0.3, -0.25) is 4.57 Å². The number of furan rings is 1. The normalized spacial score (nSPS) is 11.8. The lowest BCUT2D eigenvalue weighted by atomic mass is 10.1. The van der Waals surface area contributed by atoms with E-state index in [9.17, 15) is 8.42 Å². The first-order valence-corrected chi connectivity index (χ1v) is 13.3.